The van der Waals surface area contributed by atoms with E-state index in [9.17, 15) is 0 Å². The highest BCUT2D eigenvalue weighted by molar-refractivity contribution is 5.20. The lowest BCUT2D eigenvalue weighted by Gasteiger charge is -2.01. The van der Waals surface area contributed by atoms with Crippen LogP contribution in [0.4, 0.5) is 0 Å². The Kier molecular flexibility index (Phi) is 2.01. The van der Waals surface area contributed by atoms with Gasteiger partial charge in [0.05, 0.1) is 6.54 Å². The number of hydrogen-bond acceptors (Lipinski definition) is 4. The van der Waals surface area contributed by atoms with Crippen molar-refractivity contribution in [2.45, 2.75) is 6.54 Å². The fourth-order valence-corrected chi connectivity index (χ4v) is 1.03. The molecule has 0 radical (unpaired) electrons. The summed E-state index contributed by atoms with van der Waals surface area (Å²) >= 11 is 0. The fraction of sp³-hybridized carbons (Fsp3) is 0.125. The van der Waals surface area contributed by atoms with Gasteiger partial charge in [-0.05, 0) is 6.07 Å². The average Bonchev–Trinajstić information content (AvgIpc) is 2.71. The van der Waals surface area contributed by atoms with E-state index >= 15 is 0 Å². The smallest absolute Gasteiger partial charge is 0.144 e. The first-order valence-corrected chi connectivity index (χ1v) is 3.90. The number of hydrogen-bond donors (Lipinski definition) is 1. The van der Waals surface area contributed by atoms with Crippen molar-refractivity contribution >= 4 is 0 Å². The Hall–Kier alpha value is -1.75. The van der Waals surface area contributed by atoms with Crippen LogP contribution in [0.3, 0.4) is 0 Å². The normalized spacial score (nSPS) is 10.2. The molecule has 2 N–H and O–H groups in total. The van der Waals surface area contributed by atoms with Crippen molar-refractivity contribution in [2.24, 2.45) is 5.73 Å². The van der Waals surface area contributed by atoms with Crippen LogP contribution in [0.2, 0.25) is 0 Å². The Morgan fingerprint density at radius 3 is 3.00 bits per heavy atom. The molecule has 2 aromatic heterocycles. The van der Waals surface area contributed by atoms with Crippen LogP contribution in [0.15, 0.2) is 31.0 Å². The van der Waals surface area contributed by atoms with Gasteiger partial charge in [0.15, 0.2) is 0 Å². The Bertz CT molecular complexity index is 381. The Balaban J connectivity index is 2.41. The summed E-state index contributed by atoms with van der Waals surface area (Å²) < 4.78 is 1.81. The fourth-order valence-electron chi connectivity index (χ4n) is 1.03. The first kappa shape index (κ1) is 7.88. The van der Waals surface area contributed by atoms with Gasteiger partial charge in [0.25, 0.3) is 0 Å². The largest absolute Gasteiger partial charge is 0.324 e. The molecule has 0 aliphatic rings. The predicted octanol–water partition coefficient (Wildman–Crippen LogP) is 0.121. The standard InChI is InChI=1S/C8H9N5/c9-5-7-11-2-1-8(12-7)13-4-3-10-6-13/h1-4,6H,5,9H2. The zero-order chi connectivity index (χ0) is 9.10. The maximum absolute atomic E-state index is 5.42. The van der Waals surface area contributed by atoms with Gasteiger partial charge in [0, 0.05) is 18.6 Å². The number of nitrogens with zero attached hydrogens (tertiary/aromatic N) is 4. The average molecular weight is 175 g/mol. The summed E-state index contributed by atoms with van der Waals surface area (Å²) in [5, 5.41) is 0. The first-order chi connectivity index (χ1) is 6.40. The zero-order valence-corrected chi connectivity index (χ0v) is 6.96. The highest BCUT2D eigenvalue weighted by Gasteiger charge is 1.98. The molecule has 0 saturated heterocycles. The van der Waals surface area contributed by atoms with E-state index in [1.165, 1.54) is 0 Å². The lowest BCUT2D eigenvalue weighted by molar-refractivity contribution is 0.868. The molecule has 5 heteroatoms. The van der Waals surface area contributed by atoms with Crippen molar-refractivity contribution in [3.63, 3.8) is 0 Å². The minimum atomic E-state index is 0.350. The molecule has 0 unspecified atom stereocenters. The summed E-state index contributed by atoms with van der Waals surface area (Å²) in [6.45, 7) is 0.350. The van der Waals surface area contributed by atoms with Gasteiger partial charge in [0.1, 0.15) is 18.0 Å². The van der Waals surface area contributed by atoms with E-state index in [1.54, 1.807) is 29.4 Å². The molecule has 0 aliphatic heterocycles. The van der Waals surface area contributed by atoms with Crippen LogP contribution in [0.5, 0.6) is 0 Å². The van der Waals surface area contributed by atoms with Gasteiger partial charge in [-0.15, -0.1) is 0 Å². The molecular weight excluding hydrogens is 166 g/mol. The summed E-state index contributed by atoms with van der Waals surface area (Å²) in [6.07, 6.45) is 6.89. The van der Waals surface area contributed by atoms with Gasteiger partial charge in [-0.25, -0.2) is 15.0 Å². The second kappa shape index (κ2) is 3.32. The van der Waals surface area contributed by atoms with Crippen molar-refractivity contribution in [1.82, 2.24) is 19.5 Å². The van der Waals surface area contributed by atoms with Gasteiger partial charge in [-0.2, -0.15) is 0 Å². The molecular formula is C8H9N5. The van der Waals surface area contributed by atoms with Crippen molar-refractivity contribution in [1.29, 1.82) is 0 Å². The summed E-state index contributed by atoms with van der Waals surface area (Å²) in [7, 11) is 0. The van der Waals surface area contributed by atoms with Crippen LogP contribution in [-0.2, 0) is 6.54 Å². The van der Waals surface area contributed by atoms with Crippen LogP contribution >= 0.6 is 0 Å². The highest BCUT2D eigenvalue weighted by Crippen LogP contribution is 2.01. The molecule has 2 heterocycles. The summed E-state index contributed by atoms with van der Waals surface area (Å²) in [5.74, 6) is 1.42. The van der Waals surface area contributed by atoms with Crippen molar-refractivity contribution in [3.05, 3.63) is 36.8 Å². The molecule has 0 aromatic carbocycles. The van der Waals surface area contributed by atoms with Gasteiger partial charge in [0.2, 0.25) is 0 Å². The van der Waals surface area contributed by atoms with Gasteiger partial charge >= 0.3 is 0 Å². The van der Waals surface area contributed by atoms with Crippen LogP contribution in [-0.4, -0.2) is 19.5 Å². The molecule has 0 spiro atoms. The number of aromatic nitrogens is 4. The zero-order valence-electron chi connectivity index (χ0n) is 6.96. The molecule has 5 nitrogen and oxygen atoms in total. The molecule has 0 atom stereocenters. The molecule has 13 heavy (non-hydrogen) atoms. The van der Waals surface area contributed by atoms with Crippen LogP contribution in [0.1, 0.15) is 5.82 Å². The van der Waals surface area contributed by atoms with Gasteiger partial charge in [-0.3, -0.25) is 4.57 Å². The van der Waals surface area contributed by atoms with Gasteiger partial charge in [-0.1, -0.05) is 0 Å². The van der Waals surface area contributed by atoms with E-state index in [-0.39, 0.29) is 0 Å². The lowest BCUT2D eigenvalue weighted by atomic mass is 10.5. The van der Waals surface area contributed by atoms with Gasteiger partial charge < -0.3 is 5.73 Å². The van der Waals surface area contributed by atoms with E-state index in [4.69, 9.17) is 5.73 Å². The van der Waals surface area contributed by atoms with Crippen molar-refractivity contribution < 1.29 is 0 Å². The third kappa shape index (κ3) is 1.54. The lowest BCUT2D eigenvalue weighted by Crippen LogP contribution is -2.05. The quantitative estimate of drug-likeness (QED) is 0.703. The predicted molar refractivity (Wildman–Crippen MR) is 47.0 cm³/mol. The van der Waals surface area contributed by atoms with Crippen LogP contribution in [0, 0.1) is 0 Å². The Labute approximate surface area is 75.3 Å². The first-order valence-electron chi connectivity index (χ1n) is 3.90. The molecule has 66 valence electrons. The topological polar surface area (TPSA) is 69.6 Å². The minimum absolute atomic E-state index is 0.350. The van der Waals surface area contributed by atoms with E-state index < -0.39 is 0 Å². The summed E-state index contributed by atoms with van der Waals surface area (Å²) in [5.41, 5.74) is 5.42. The summed E-state index contributed by atoms with van der Waals surface area (Å²) in [6, 6.07) is 1.81. The highest BCUT2D eigenvalue weighted by atomic mass is 15.1. The maximum atomic E-state index is 5.42. The van der Waals surface area contributed by atoms with Crippen LogP contribution in [0.25, 0.3) is 5.82 Å². The molecule has 0 aliphatic carbocycles. The van der Waals surface area contributed by atoms with Crippen molar-refractivity contribution in [2.75, 3.05) is 0 Å². The molecule has 2 aromatic rings. The maximum Gasteiger partial charge on any atom is 0.144 e. The second-order valence-corrected chi connectivity index (χ2v) is 2.51. The third-order valence-electron chi connectivity index (χ3n) is 1.64. The number of imidazole rings is 1. The number of rotatable bonds is 2. The minimum Gasteiger partial charge on any atom is -0.324 e. The monoisotopic (exact) mass is 175 g/mol. The molecule has 0 amide bonds. The van der Waals surface area contributed by atoms with E-state index in [0.717, 1.165) is 5.82 Å². The molecule has 2 rings (SSSR count). The summed E-state index contributed by atoms with van der Waals surface area (Å²) in [4.78, 5) is 12.1. The Morgan fingerprint density at radius 2 is 2.31 bits per heavy atom. The number of nitrogens with two attached hydrogens (primary N) is 1. The van der Waals surface area contributed by atoms with E-state index in [0.29, 0.717) is 12.4 Å². The molecule has 0 fully saturated rings. The second-order valence-electron chi connectivity index (χ2n) is 2.51. The Morgan fingerprint density at radius 1 is 1.38 bits per heavy atom. The van der Waals surface area contributed by atoms with E-state index in [1.807, 2.05) is 6.20 Å². The molecule has 0 bridgehead atoms. The van der Waals surface area contributed by atoms with E-state index in [2.05, 4.69) is 15.0 Å². The molecule has 0 saturated carbocycles. The van der Waals surface area contributed by atoms with Crippen LogP contribution < -0.4 is 5.73 Å². The SMILES string of the molecule is NCc1nccc(-n2ccnc2)n1. The van der Waals surface area contributed by atoms with Crippen molar-refractivity contribution in [3.8, 4) is 5.82 Å². The third-order valence-corrected chi connectivity index (χ3v) is 1.64.